The van der Waals surface area contributed by atoms with Gasteiger partial charge in [0.25, 0.3) is 21.6 Å². The molecule has 3 aromatic heterocycles. The highest BCUT2D eigenvalue weighted by atomic mass is 32.2. The van der Waals surface area contributed by atoms with Gasteiger partial charge in [-0.3, -0.25) is 19.8 Å². The Morgan fingerprint density at radius 1 is 1.04 bits per heavy atom. The molecule has 0 spiro atoms. The Hall–Kier alpha value is -5.29. The first-order valence-electron chi connectivity index (χ1n) is 19.3. The van der Waals surface area contributed by atoms with E-state index < -0.39 is 31.4 Å². The largest absolute Gasteiger partial charge is 0.455 e. The number of aromatic amines is 1. The van der Waals surface area contributed by atoms with Crippen molar-refractivity contribution in [2.24, 2.45) is 5.92 Å². The number of allylic oxidation sites excluding steroid dienone is 1. The zero-order valence-electron chi connectivity index (χ0n) is 31.4. The Kier molecular flexibility index (Phi) is 11.5. The summed E-state index contributed by atoms with van der Waals surface area (Å²) in [6.45, 7) is 5.95. The summed E-state index contributed by atoms with van der Waals surface area (Å²) < 4.78 is 41.0. The van der Waals surface area contributed by atoms with Crippen LogP contribution in [0.2, 0.25) is 0 Å². The average Bonchev–Trinajstić information content (AvgIpc) is 3.94. The van der Waals surface area contributed by atoms with Gasteiger partial charge in [-0.25, -0.2) is 18.1 Å². The number of pyridine rings is 1. The number of nitro groups is 1. The topological polar surface area (TPSA) is 172 Å². The third-order valence-electron chi connectivity index (χ3n) is 11.0. The fourth-order valence-electron chi connectivity index (χ4n) is 7.86. The van der Waals surface area contributed by atoms with Gasteiger partial charge in [-0.1, -0.05) is 5.57 Å². The van der Waals surface area contributed by atoms with E-state index in [2.05, 4.69) is 46.6 Å². The van der Waals surface area contributed by atoms with E-state index in [9.17, 15) is 23.3 Å². The number of benzene rings is 2. The highest BCUT2D eigenvalue weighted by Gasteiger charge is 2.28. The van der Waals surface area contributed by atoms with Crippen LogP contribution in [0.1, 0.15) is 54.4 Å². The van der Waals surface area contributed by atoms with Crippen molar-refractivity contribution >= 4 is 60.9 Å². The number of amides is 1. The quantitative estimate of drug-likeness (QED) is 0.0798. The first kappa shape index (κ1) is 38.6. The third-order valence-corrected chi connectivity index (χ3v) is 13.1. The molecule has 0 atom stereocenters. The third kappa shape index (κ3) is 8.99. The van der Waals surface area contributed by atoms with E-state index in [0.717, 1.165) is 75.5 Å². The van der Waals surface area contributed by atoms with Crippen molar-refractivity contribution in [3.8, 4) is 11.5 Å². The number of nitro benzene ring substituents is 1. The van der Waals surface area contributed by atoms with Crippen LogP contribution in [0, 0.1) is 16.0 Å². The predicted octanol–water partition coefficient (Wildman–Crippen LogP) is 7.43. The molecule has 3 N–H and O–H groups in total. The molecule has 0 unspecified atom stereocenters. The summed E-state index contributed by atoms with van der Waals surface area (Å²) in [6.07, 6.45) is 9.66. The van der Waals surface area contributed by atoms with Gasteiger partial charge in [0, 0.05) is 81.9 Å². The molecule has 2 fully saturated rings. The number of hydrogen-bond acceptors (Lipinski definition) is 12. The molecule has 8 rings (SSSR count). The molecule has 16 heteroatoms. The standard InChI is InChI=1S/C41H45N7O7S2/c49-41(45-57(52,53)34-6-8-37(38(23-34)48(50)51)43-24-28-10-18-54-19-11-28)36-7-5-32(22-39(36)55-33-21-29-9-13-42-40(29)44-25-33)47-16-14-46(15-17-47)26-30-3-1-2-4-35(30)31-12-20-56-27-31/h5-9,12-13,20-23,25,27-28,43H,1-4,10-11,14-19,24,26H2,(H,42,44)(H,45,49). The molecule has 2 saturated heterocycles. The fourth-order valence-corrected chi connectivity index (χ4v) is 9.52. The van der Waals surface area contributed by atoms with E-state index in [1.165, 1.54) is 47.9 Å². The molecular weight excluding hydrogens is 767 g/mol. The van der Waals surface area contributed by atoms with Crippen molar-refractivity contribution in [3.05, 3.63) is 105 Å². The summed E-state index contributed by atoms with van der Waals surface area (Å²) >= 11 is 1.74. The molecular formula is C41H45N7O7S2. The number of hydrogen-bond donors (Lipinski definition) is 3. The molecule has 2 aromatic carbocycles. The lowest BCUT2D eigenvalue weighted by atomic mass is 9.88. The molecule has 0 radical (unpaired) electrons. The molecule has 1 aliphatic carbocycles. The Morgan fingerprint density at radius 3 is 2.65 bits per heavy atom. The zero-order valence-corrected chi connectivity index (χ0v) is 33.1. The number of aromatic nitrogens is 2. The number of piperazine rings is 1. The van der Waals surface area contributed by atoms with Gasteiger partial charge in [0.2, 0.25) is 0 Å². The monoisotopic (exact) mass is 811 g/mol. The number of nitrogens with zero attached hydrogens (tertiary/aromatic N) is 4. The maximum atomic E-state index is 13.8. The van der Waals surface area contributed by atoms with E-state index in [0.29, 0.717) is 31.2 Å². The van der Waals surface area contributed by atoms with Gasteiger partial charge >= 0.3 is 0 Å². The summed E-state index contributed by atoms with van der Waals surface area (Å²) in [6, 6.07) is 14.5. The van der Waals surface area contributed by atoms with Crippen molar-refractivity contribution in [1.82, 2.24) is 19.6 Å². The first-order chi connectivity index (χ1) is 27.7. The minimum absolute atomic E-state index is 0.0235. The molecule has 3 aliphatic rings. The number of H-pyrrole nitrogens is 1. The van der Waals surface area contributed by atoms with E-state index in [1.54, 1.807) is 41.8 Å². The number of ether oxygens (including phenoxy) is 2. The second-order valence-electron chi connectivity index (χ2n) is 14.7. The maximum Gasteiger partial charge on any atom is 0.293 e. The lowest BCUT2D eigenvalue weighted by Crippen LogP contribution is -2.47. The smallest absolute Gasteiger partial charge is 0.293 e. The molecule has 298 valence electrons. The molecule has 5 aromatic rings. The Morgan fingerprint density at radius 2 is 1.86 bits per heavy atom. The van der Waals surface area contributed by atoms with Crippen LogP contribution in [0.15, 0.2) is 88.2 Å². The SMILES string of the molecule is O=C(NS(=O)(=O)c1ccc(NCC2CCOCC2)c([N+](=O)[O-])c1)c1ccc(N2CCN(CC3=C(c4ccsc4)CCCC3)CC2)cc1Oc1cnc2[nH]ccc2c1. The van der Waals surface area contributed by atoms with Gasteiger partial charge in [-0.2, -0.15) is 11.3 Å². The Balaban J connectivity index is 1.00. The predicted molar refractivity (Wildman–Crippen MR) is 221 cm³/mol. The minimum Gasteiger partial charge on any atom is -0.455 e. The fraction of sp³-hybridized carbons (Fsp3) is 0.366. The van der Waals surface area contributed by atoms with Crippen LogP contribution in [-0.2, 0) is 14.8 Å². The van der Waals surface area contributed by atoms with Gasteiger partial charge < -0.3 is 24.7 Å². The number of anilines is 2. The van der Waals surface area contributed by atoms with Gasteiger partial charge in [-0.15, -0.1) is 0 Å². The van der Waals surface area contributed by atoms with Crippen molar-refractivity contribution in [1.29, 1.82) is 0 Å². The van der Waals surface area contributed by atoms with Gasteiger partial charge in [0.15, 0.2) is 0 Å². The second-order valence-corrected chi connectivity index (χ2v) is 17.2. The van der Waals surface area contributed by atoms with Crippen molar-refractivity contribution in [2.45, 2.75) is 43.4 Å². The summed E-state index contributed by atoms with van der Waals surface area (Å²) in [4.78, 5) is 37.0. The van der Waals surface area contributed by atoms with Crippen LogP contribution in [0.5, 0.6) is 11.5 Å². The molecule has 0 bridgehead atoms. The molecule has 0 saturated carbocycles. The number of rotatable bonds is 13. The lowest BCUT2D eigenvalue weighted by molar-refractivity contribution is -0.384. The van der Waals surface area contributed by atoms with Gasteiger partial charge in [0.1, 0.15) is 22.8 Å². The summed E-state index contributed by atoms with van der Waals surface area (Å²) in [5, 5.41) is 20.3. The number of carbonyl (C=O) groups is 1. The molecule has 14 nitrogen and oxygen atoms in total. The Labute approximate surface area is 335 Å². The number of thiophene rings is 1. The summed E-state index contributed by atoms with van der Waals surface area (Å²) in [5.41, 5.74) is 5.67. The van der Waals surface area contributed by atoms with Crippen LogP contribution < -0.4 is 19.7 Å². The average molecular weight is 812 g/mol. The normalized spacial score (nSPS) is 17.2. The van der Waals surface area contributed by atoms with E-state index in [4.69, 9.17) is 9.47 Å². The molecule has 57 heavy (non-hydrogen) atoms. The van der Waals surface area contributed by atoms with Crippen LogP contribution in [0.3, 0.4) is 0 Å². The van der Waals surface area contributed by atoms with Crippen molar-refractivity contribution in [3.63, 3.8) is 0 Å². The van der Waals surface area contributed by atoms with Crippen LogP contribution in [0.25, 0.3) is 16.6 Å². The molecule has 1 amide bonds. The highest BCUT2D eigenvalue weighted by molar-refractivity contribution is 7.90. The zero-order chi connectivity index (χ0) is 39.4. The van der Waals surface area contributed by atoms with E-state index >= 15 is 0 Å². The molecule has 2 aliphatic heterocycles. The number of carbonyl (C=O) groups excluding carboxylic acids is 1. The van der Waals surface area contributed by atoms with Crippen LogP contribution >= 0.6 is 11.3 Å². The first-order valence-corrected chi connectivity index (χ1v) is 21.8. The number of fused-ring (bicyclic) bond motifs is 1. The van der Waals surface area contributed by atoms with Crippen LogP contribution in [-0.4, -0.2) is 86.6 Å². The van der Waals surface area contributed by atoms with Crippen LogP contribution in [0.4, 0.5) is 17.1 Å². The van der Waals surface area contributed by atoms with E-state index in [-0.39, 0.29) is 22.9 Å². The second kappa shape index (κ2) is 17.1. The summed E-state index contributed by atoms with van der Waals surface area (Å²) in [5.74, 6) is -0.152. The molecule has 5 heterocycles. The summed E-state index contributed by atoms with van der Waals surface area (Å²) in [7, 11) is -4.53. The van der Waals surface area contributed by atoms with E-state index in [1.807, 2.05) is 6.07 Å². The number of sulfonamides is 1. The lowest BCUT2D eigenvalue weighted by Gasteiger charge is -2.37. The van der Waals surface area contributed by atoms with Crippen molar-refractivity contribution in [2.75, 3.05) is 62.7 Å². The maximum absolute atomic E-state index is 13.8. The number of nitrogens with one attached hydrogen (secondary N) is 3. The van der Waals surface area contributed by atoms with Crippen molar-refractivity contribution < 1.29 is 27.6 Å². The van der Waals surface area contributed by atoms with Gasteiger partial charge in [0.05, 0.1) is 21.6 Å². The Bertz CT molecular complexity index is 2380. The highest BCUT2D eigenvalue weighted by Crippen LogP contribution is 2.36. The van der Waals surface area contributed by atoms with Gasteiger partial charge in [-0.05, 0) is 109 Å². The minimum atomic E-state index is -4.53.